The van der Waals surface area contributed by atoms with Gasteiger partial charge in [-0.3, -0.25) is 0 Å². The number of fused-ring (bicyclic) bond motifs is 1. The molecular weight excluding hydrogens is 219 g/mol. The van der Waals surface area contributed by atoms with Crippen LogP contribution in [0.25, 0.3) is 10.2 Å². The van der Waals surface area contributed by atoms with Crippen molar-refractivity contribution in [3.8, 4) is 11.5 Å². The van der Waals surface area contributed by atoms with Crippen molar-refractivity contribution in [2.45, 2.75) is 0 Å². The Hall–Kier alpha value is -1.56. The molecule has 0 radical (unpaired) electrons. The number of rotatable bonds is 2. The van der Waals surface area contributed by atoms with Crippen LogP contribution in [-0.4, -0.2) is 19.2 Å². The van der Waals surface area contributed by atoms with Crippen LogP contribution in [0.3, 0.4) is 0 Å². The second-order valence-electron chi connectivity index (χ2n) is 2.82. The number of hydrogen-bond donors (Lipinski definition) is 1. The highest BCUT2D eigenvalue weighted by molar-refractivity contribution is 7.22. The van der Waals surface area contributed by atoms with Gasteiger partial charge in [0, 0.05) is 6.07 Å². The van der Waals surface area contributed by atoms with Crippen LogP contribution in [0.4, 0.5) is 9.52 Å². The number of nitrogens with two attached hydrogens (primary N) is 1. The summed E-state index contributed by atoms with van der Waals surface area (Å²) in [5.74, 6) is -0.363. The summed E-state index contributed by atoms with van der Waals surface area (Å²) in [7, 11) is 2.78. The van der Waals surface area contributed by atoms with Gasteiger partial charge in [0.2, 0.25) is 5.82 Å². The molecule has 6 heteroatoms. The summed E-state index contributed by atoms with van der Waals surface area (Å²) in [5.41, 5.74) is 5.97. The number of aromatic nitrogens is 1. The molecule has 0 unspecified atom stereocenters. The van der Waals surface area contributed by atoms with Crippen LogP contribution in [0, 0.1) is 5.82 Å². The van der Waals surface area contributed by atoms with E-state index in [0.29, 0.717) is 10.6 Å². The predicted molar refractivity (Wildman–Crippen MR) is 57.1 cm³/mol. The summed E-state index contributed by atoms with van der Waals surface area (Å²) >= 11 is 1.26. The first kappa shape index (κ1) is 9.97. The molecule has 0 aliphatic heterocycles. The van der Waals surface area contributed by atoms with Gasteiger partial charge in [-0.25, -0.2) is 4.98 Å². The van der Waals surface area contributed by atoms with Crippen molar-refractivity contribution in [1.29, 1.82) is 0 Å². The van der Waals surface area contributed by atoms with E-state index >= 15 is 0 Å². The van der Waals surface area contributed by atoms with Crippen molar-refractivity contribution in [3.63, 3.8) is 0 Å². The minimum Gasteiger partial charge on any atom is -0.493 e. The third kappa shape index (κ3) is 1.46. The highest BCUT2D eigenvalue weighted by atomic mass is 32.1. The minimum absolute atomic E-state index is 0.0669. The van der Waals surface area contributed by atoms with Crippen LogP contribution in [0.5, 0.6) is 11.5 Å². The van der Waals surface area contributed by atoms with Gasteiger partial charge in [0.15, 0.2) is 16.6 Å². The predicted octanol–water partition coefficient (Wildman–Crippen LogP) is 2.03. The van der Waals surface area contributed by atoms with Crippen LogP contribution in [0.15, 0.2) is 6.07 Å². The van der Waals surface area contributed by atoms with Gasteiger partial charge in [0.1, 0.15) is 5.52 Å². The average molecular weight is 228 g/mol. The van der Waals surface area contributed by atoms with Gasteiger partial charge in [-0.1, -0.05) is 11.3 Å². The molecule has 80 valence electrons. The second-order valence-corrected chi connectivity index (χ2v) is 3.89. The first-order valence-corrected chi connectivity index (χ1v) is 4.95. The van der Waals surface area contributed by atoms with E-state index in [-0.39, 0.29) is 11.5 Å². The molecule has 0 aliphatic carbocycles. The lowest BCUT2D eigenvalue weighted by Gasteiger charge is -2.06. The van der Waals surface area contributed by atoms with E-state index in [4.69, 9.17) is 15.2 Å². The quantitative estimate of drug-likeness (QED) is 0.854. The Morgan fingerprint density at radius 3 is 2.73 bits per heavy atom. The van der Waals surface area contributed by atoms with E-state index in [0.717, 1.165) is 4.70 Å². The lowest BCUT2D eigenvalue weighted by molar-refractivity contribution is 0.354. The fraction of sp³-hybridized carbons (Fsp3) is 0.222. The Labute approximate surface area is 89.4 Å². The summed E-state index contributed by atoms with van der Waals surface area (Å²) in [6, 6.07) is 1.56. The van der Waals surface area contributed by atoms with Crippen molar-refractivity contribution in [1.82, 2.24) is 4.98 Å². The molecule has 2 N–H and O–H groups in total. The molecule has 4 nitrogen and oxygen atoms in total. The molecule has 0 bridgehead atoms. The Morgan fingerprint density at radius 2 is 2.13 bits per heavy atom. The van der Waals surface area contributed by atoms with Crippen molar-refractivity contribution < 1.29 is 13.9 Å². The maximum Gasteiger partial charge on any atom is 0.209 e. The van der Waals surface area contributed by atoms with Gasteiger partial charge in [-0.2, -0.15) is 4.39 Å². The van der Waals surface area contributed by atoms with Crippen LogP contribution in [0.1, 0.15) is 0 Å². The van der Waals surface area contributed by atoms with Crippen LogP contribution < -0.4 is 15.2 Å². The normalized spacial score (nSPS) is 10.6. The molecule has 0 fully saturated rings. The molecule has 0 amide bonds. The highest BCUT2D eigenvalue weighted by Gasteiger charge is 2.17. The SMILES string of the molecule is COc1cc2sc(N)nc2c(OC)c1F. The summed E-state index contributed by atoms with van der Waals surface area (Å²) in [6.07, 6.45) is 0. The number of hydrogen-bond acceptors (Lipinski definition) is 5. The number of ether oxygens (including phenoxy) is 2. The van der Waals surface area contributed by atoms with Crippen LogP contribution in [0.2, 0.25) is 0 Å². The topological polar surface area (TPSA) is 57.4 Å². The Bertz CT molecular complexity index is 512. The number of methoxy groups -OCH3 is 2. The molecule has 15 heavy (non-hydrogen) atoms. The number of anilines is 1. The number of nitrogen functional groups attached to an aromatic ring is 1. The van der Waals surface area contributed by atoms with Gasteiger partial charge in [-0.05, 0) is 0 Å². The molecule has 0 saturated heterocycles. The summed E-state index contributed by atoms with van der Waals surface area (Å²) in [6.45, 7) is 0. The number of benzene rings is 1. The van der Waals surface area contributed by atoms with E-state index in [9.17, 15) is 4.39 Å². The second kappa shape index (κ2) is 3.54. The Balaban J connectivity index is 2.82. The largest absolute Gasteiger partial charge is 0.493 e. The zero-order chi connectivity index (χ0) is 11.0. The zero-order valence-electron chi connectivity index (χ0n) is 8.20. The van der Waals surface area contributed by atoms with Gasteiger partial charge in [-0.15, -0.1) is 0 Å². The van der Waals surface area contributed by atoms with E-state index < -0.39 is 5.82 Å². The van der Waals surface area contributed by atoms with Gasteiger partial charge >= 0.3 is 0 Å². The molecule has 1 aromatic carbocycles. The van der Waals surface area contributed by atoms with Crippen molar-refractivity contribution >= 4 is 26.7 Å². The first-order valence-electron chi connectivity index (χ1n) is 4.14. The smallest absolute Gasteiger partial charge is 0.209 e. The summed E-state index contributed by atoms with van der Waals surface area (Å²) in [4.78, 5) is 4.00. The lowest BCUT2D eigenvalue weighted by Crippen LogP contribution is -1.94. The maximum absolute atomic E-state index is 13.7. The standard InChI is InChI=1S/C9H9FN2O2S/c1-13-4-3-5-7(12-9(11)15-5)8(14-2)6(4)10/h3H,1-2H3,(H2,11,12). The molecular formula is C9H9FN2O2S. The van der Waals surface area contributed by atoms with Crippen molar-refractivity contribution in [2.75, 3.05) is 20.0 Å². The van der Waals surface area contributed by atoms with Crippen LogP contribution in [-0.2, 0) is 0 Å². The highest BCUT2D eigenvalue weighted by Crippen LogP contribution is 2.38. The van der Waals surface area contributed by atoms with E-state index in [1.165, 1.54) is 25.6 Å². The number of halogens is 1. The van der Waals surface area contributed by atoms with E-state index in [1.54, 1.807) is 6.07 Å². The molecule has 0 atom stereocenters. The molecule has 2 aromatic rings. The summed E-state index contributed by atoms with van der Waals surface area (Å²) in [5, 5.41) is 0.371. The molecule has 2 rings (SSSR count). The summed E-state index contributed by atoms with van der Waals surface area (Å²) < 4.78 is 24.3. The first-order chi connectivity index (χ1) is 7.17. The van der Waals surface area contributed by atoms with Crippen LogP contribution >= 0.6 is 11.3 Å². The number of nitrogens with zero attached hydrogens (tertiary/aromatic N) is 1. The molecule has 0 aliphatic rings. The molecule has 0 saturated carbocycles. The monoisotopic (exact) mass is 228 g/mol. The zero-order valence-corrected chi connectivity index (χ0v) is 9.02. The third-order valence-corrected chi connectivity index (χ3v) is 2.82. The van der Waals surface area contributed by atoms with E-state index in [2.05, 4.69) is 4.98 Å². The average Bonchev–Trinajstić information content (AvgIpc) is 2.57. The Kier molecular flexibility index (Phi) is 2.36. The lowest BCUT2D eigenvalue weighted by atomic mass is 10.3. The van der Waals surface area contributed by atoms with E-state index in [1.807, 2.05) is 0 Å². The van der Waals surface area contributed by atoms with Crippen molar-refractivity contribution in [3.05, 3.63) is 11.9 Å². The van der Waals surface area contributed by atoms with Gasteiger partial charge in [0.05, 0.1) is 18.9 Å². The Morgan fingerprint density at radius 1 is 1.40 bits per heavy atom. The molecule has 1 heterocycles. The maximum atomic E-state index is 13.7. The minimum atomic E-state index is -0.558. The van der Waals surface area contributed by atoms with Gasteiger partial charge < -0.3 is 15.2 Å². The number of thiazole rings is 1. The molecule has 0 spiro atoms. The van der Waals surface area contributed by atoms with Crippen molar-refractivity contribution in [2.24, 2.45) is 0 Å². The third-order valence-electron chi connectivity index (χ3n) is 1.99. The molecule has 1 aromatic heterocycles. The van der Waals surface area contributed by atoms with Gasteiger partial charge in [0.25, 0.3) is 0 Å². The fourth-order valence-electron chi connectivity index (χ4n) is 1.34. The fourth-order valence-corrected chi connectivity index (χ4v) is 2.11.